The Hall–Kier alpha value is -4.68. The highest BCUT2D eigenvalue weighted by Crippen LogP contribution is 2.50. The maximum atomic E-state index is 14.2. The summed E-state index contributed by atoms with van der Waals surface area (Å²) in [5, 5.41) is 12.1. The summed E-state index contributed by atoms with van der Waals surface area (Å²) in [6, 6.07) is 6.58. The number of phosphoric ester groups is 2. The van der Waals surface area contributed by atoms with E-state index in [1.807, 2.05) is 0 Å². The molecule has 9 atom stereocenters. The van der Waals surface area contributed by atoms with Crippen molar-refractivity contribution in [2.24, 2.45) is 0 Å². The number of aromatic nitrogens is 6. The molecule has 1 aromatic carbocycles. The molecule has 330 valence electrons. The van der Waals surface area contributed by atoms with Crippen molar-refractivity contribution in [2.75, 3.05) is 31.7 Å². The predicted molar refractivity (Wildman–Crippen MR) is 211 cm³/mol. The fourth-order valence-electron chi connectivity index (χ4n) is 6.66. The number of benzene rings is 1. The molecule has 1 amide bonds. The van der Waals surface area contributed by atoms with Gasteiger partial charge < -0.3 is 50.4 Å². The molecule has 24 nitrogen and oxygen atoms in total. The molecule has 1 unspecified atom stereocenters. The number of likely N-dealkylation sites (N-methyl/N-ethyl adjacent to an activating group) is 1. The van der Waals surface area contributed by atoms with E-state index in [2.05, 4.69) is 31.0 Å². The number of nitrogens with two attached hydrogens (primary N) is 2. The van der Waals surface area contributed by atoms with Gasteiger partial charge in [0.2, 0.25) is 5.91 Å². The van der Waals surface area contributed by atoms with Gasteiger partial charge in [0.25, 0.3) is 0 Å². The number of halogens is 1. The van der Waals surface area contributed by atoms with Gasteiger partial charge in [-0.3, -0.25) is 27.5 Å². The SMILES string of the molecule is C=CCCC(=O)N(C)[C@H](Cc1cccc(Cl)c1)C(=O)O[C@H]1[C@@H](O)[C@H](n2cnc3c(N)ncnc32)O[C@H]1COP(=O)(O)O[C@H]1C[C@H](n2ccc(N)nc2=O)O[C@@H]1COP(=O)(O)O. The molecular weight excluding hydrogens is 872 g/mol. The van der Waals surface area contributed by atoms with Gasteiger partial charge in [0.1, 0.15) is 54.3 Å². The Kier molecular flexibility index (Phi) is 14.4. The number of fused-ring (bicyclic) bond motifs is 1. The third-order valence-electron chi connectivity index (χ3n) is 9.66. The van der Waals surface area contributed by atoms with E-state index < -0.39 is 95.4 Å². The number of rotatable bonds is 18. The fraction of sp³-hybridized carbons (Fsp3) is 0.441. The van der Waals surface area contributed by atoms with Gasteiger partial charge in [-0.2, -0.15) is 4.98 Å². The van der Waals surface area contributed by atoms with E-state index in [0.29, 0.717) is 17.0 Å². The minimum absolute atomic E-state index is 0.00523. The Labute approximate surface area is 350 Å². The van der Waals surface area contributed by atoms with Gasteiger partial charge in [-0.05, 0) is 30.2 Å². The number of imidazole rings is 1. The number of esters is 1. The van der Waals surface area contributed by atoms with E-state index in [9.17, 15) is 43.3 Å². The maximum Gasteiger partial charge on any atom is 0.472 e. The standard InChI is InChI=1S/C34H42ClN9O15P2/c1-3-4-8-25(45)42(2)20(12-18-6-5-7-19(35)11-18)33(47)58-29-23(57-32(28(29)46)44-17-40-27-30(37)38-16-39-31(27)44)15-55-61(52,53)59-21-13-26(43-10-9-24(36)41-34(43)48)56-22(21)14-54-60(49,50)51/h3,5-7,9-11,16-17,20-23,26,28-29,32,46H,1,4,8,12-15H2,2H3,(H,52,53)(H2,36,41,48)(H2,37,38,39)(H2,49,50,51)/t20-,21+,22-,23+,26-,28-,29-,32-/m1/s1. The minimum Gasteiger partial charge on any atom is -0.455 e. The van der Waals surface area contributed by atoms with Gasteiger partial charge in [-0.25, -0.2) is 33.7 Å². The summed E-state index contributed by atoms with van der Waals surface area (Å²) in [6.07, 6.45) is -5.42. The number of aliphatic hydroxyl groups excluding tert-OH is 1. The van der Waals surface area contributed by atoms with Crippen molar-refractivity contribution in [3.8, 4) is 0 Å². The van der Waals surface area contributed by atoms with E-state index >= 15 is 0 Å². The molecule has 2 aliphatic heterocycles. The first-order valence-electron chi connectivity index (χ1n) is 18.3. The van der Waals surface area contributed by atoms with Gasteiger partial charge in [-0.1, -0.05) is 29.8 Å². The molecule has 2 aliphatic rings. The molecule has 8 N–H and O–H groups in total. The van der Waals surface area contributed by atoms with Crippen molar-refractivity contribution in [1.82, 2.24) is 34.0 Å². The number of phosphoric acid groups is 2. The molecule has 0 saturated carbocycles. The molecule has 0 radical (unpaired) electrons. The number of hydrogen-bond acceptors (Lipinski definition) is 18. The minimum atomic E-state index is -5.23. The number of carbonyl (C=O) groups excluding carboxylic acids is 2. The molecular formula is C34H42ClN9O15P2. The Morgan fingerprint density at radius 3 is 2.56 bits per heavy atom. The first-order chi connectivity index (χ1) is 28.8. The molecule has 0 aliphatic carbocycles. The van der Waals surface area contributed by atoms with Crippen molar-refractivity contribution >= 4 is 61.9 Å². The number of anilines is 2. The Morgan fingerprint density at radius 1 is 1.10 bits per heavy atom. The Balaban J connectivity index is 1.26. The highest BCUT2D eigenvalue weighted by molar-refractivity contribution is 7.47. The van der Waals surface area contributed by atoms with Crippen molar-refractivity contribution in [3.05, 3.63) is 82.9 Å². The molecule has 2 saturated heterocycles. The normalized spacial score (nSPS) is 24.3. The second kappa shape index (κ2) is 19.2. The monoisotopic (exact) mass is 913 g/mol. The van der Waals surface area contributed by atoms with Gasteiger partial charge in [0.15, 0.2) is 23.8 Å². The molecule has 61 heavy (non-hydrogen) atoms. The second-order valence-electron chi connectivity index (χ2n) is 13.8. The molecule has 6 rings (SSSR count). The summed E-state index contributed by atoms with van der Waals surface area (Å²) in [6.45, 7) is 1.89. The van der Waals surface area contributed by atoms with E-state index in [1.54, 1.807) is 30.3 Å². The van der Waals surface area contributed by atoms with Crippen LogP contribution >= 0.6 is 27.2 Å². The van der Waals surface area contributed by atoms with Gasteiger partial charge in [0.05, 0.1) is 19.5 Å². The average Bonchev–Trinajstić information content (AvgIpc) is 3.89. The van der Waals surface area contributed by atoms with Crippen molar-refractivity contribution in [3.63, 3.8) is 0 Å². The van der Waals surface area contributed by atoms with Crippen LogP contribution in [-0.2, 0) is 52.9 Å². The number of hydrogen-bond donors (Lipinski definition) is 6. The van der Waals surface area contributed by atoms with Crippen LogP contribution in [0.1, 0.15) is 37.3 Å². The summed E-state index contributed by atoms with van der Waals surface area (Å²) < 4.78 is 60.4. The van der Waals surface area contributed by atoms with Crippen LogP contribution in [-0.4, -0.2) is 122 Å². The molecule has 3 aromatic heterocycles. The zero-order chi connectivity index (χ0) is 44.2. The van der Waals surface area contributed by atoms with Gasteiger partial charge >= 0.3 is 27.3 Å². The summed E-state index contributed by atoms with van der Waals surface area (Å²) in [4.78, 5) is 86.6. The Morgan fingerprint density at radius 2 is 1.85 bits per heavy atom. The van der Waals surface area contributed by atoms with Gasteiger partial charge in [-0.15, -0.1) is 6.58 Å². The van der Waals surface area contributed by atoms with Crippen LogP contribution in [0.2, 0.25) is 5.02 Å². The number of allylic oxidation sites excluding steroid dienone is 1. The third kappa shape index (κ3) is 11.2. The number of aliphatic hydroxyl groups is 1. The van der Waals surface area contributed by atoms with Gasteiger partial charge in [0, 0.05) is 37.5 Å². The average molecular weight is 914 g/mol. The van der Waals surface area contributed by atoms with E-state index in [1.165, 1.54) is 35.1 Å². The molecule has 4 aromatic rings. The number of ether oxygens (including phenoxy) is 3. The number of amides is 1. The highest BCUT2D eigenvalue weighted by Gasteiger charge is 2.50. The fourth-order valence-corrected chi connectivity index (χ4v) is 8.17. The topological polar surface area (TPSA) is 338 Å². The predicted octanol–water partition coefficient (Wildman–Crippen LogP) is 1.01. The lowest BCUT2D eigenvalue weighted by atomic mass is 10.0. The summed E-state index contributed by atoms with van der Waals surface area (Å²) >= 11 is 6.21. The van der Waals surface area contributed by atoms with Crippen LogP contribution in [0.3, 0.4) is 0 Å². The van der Waals surface area contributed by atoms with Crippen LogP contribution < -0.4 is 17.2 Å². The second-order valence-corrected chi connectivity index (χ2v) is 16.9. The largest absolute Gasteiger partial charge is 0.472 e. The van der Waals surface area contributed by atoms with Crippen molar-refractivity contribution in [1.29, 1.82) is 0 Å². The Bertz CT molecular complexity index is 2400. The molecule has 27 heteroatoms. The number of nitrogen functional groups attached to an aromatic ring is 2. The summed E-state index contributed by atoms with van der Waals surface area (Å²) in [5.41, 5.74) is 11.5. The lowest BCUT2D eigenvalue weighted by Gasteiger charge is -2.30. The van der Waals surface area contributed by atoms with Crippen molar-refractivity contribution in [2.45, 2.75) is 74.7 Å². The smallest absolute Gasteiger partial charge is 0.455 e. The zero-order valence-corrected chi connectivity index (χ0v) is 34.6. The van der Waals surface area contributed by atoms with E-state index in [-0.39, 0.29) is 42.1 Å². The van der Waals surface area contributed by atoms with Crippen LogP contribution in [0.4, 0.5) is 11.6 Å². The molecule has 0 spiro atoms. The zero-order valence-electron chi connectivity index (χ0n) is 32.1. The maximum absolute atomic E-state index is 14.2. The summed E-state index contributed by atoms with van der Waals surface area (Å²) in [7, 11) is -8.90. The quantitative estimate of drug-likeness (QED) is 0.0461. The highest BCUT2D eigenvalue weighted by atomic mass is 35.5. The summed E-state index contributed by atoms with van der Waals surface area (Å²) in [5.74, 6) is -1.52. The van der Waals surface area contributed by atoms with E-state index in [4.69, 9.17) is 46.3 Å². The van der Waals surface area contributed by atoms with Crippen LogP contribution in [0, 0.1) is 0 Å². The van der Waals surface area contributed by atoms with Crippen LogP contribution in [0.5, 0.6) is 0 Å². The first kappa shape index (κ1) is 45.8. The van der Waals surface area contributed by atoms with Crippen LogP contribution in [0.25, 0.3) is 11.2 Å². The van der Waals surface area contributed by atoms with Crippen molar-refractivity contribution < 1.29 is 66.3 Å². The third-order valence-corrected chi connectivity index (χ3v) is 11.4. The number of carbonyl (C=O) groups is 2. The lowest BCUT2D eigenvalue weighted by Crippen LogP contribution is -2.48. The first-order valence-corrected chi connectivity index (χ1v) is 21.7. The molecule has 0 bridgehead atoms. The lowest BCUT2D eigenvalue weighted by molar-refractivity contribution is -0.165. The number of nitrogens with zero attached hydrogens (tertiary/aromatic N) is 7. The molecule has 2 fully saturated rings. The van der Waals surface area contributed by atoms with Crippen LogP contribution in [0.15, 0.2) is 66.6 Å². The van der Waals surface area contributed by atoms with E-state index in [0.717, 1.165) is 10.9 Å². The molecule has 5 heterocycles.